The maximum atomic E-state index is 12.3. The van der Waals surface area contributed by atoms with Crippen LogP contribution < -0.4 is 5.32 Å². The molecule has 3 nitrogen and oxygen atoms in total. The first kappa shape index (κ1) is 15.3. The lowest BCUT2D eigenvalue weighted by Gasteiger charge is -2.09. The second-order valence-corrected chi connectivity index (χ2v) is 6.37. The van der Waals surface area contributed by atoms with Crippen molar-refractivity contribution in [2.45, 2.75) is 0 Å². The lowest BCUT2D eigenvalue weighted by molar-refractivity contribution is 0.102. The lowest BCUT2D eigenvalue weighted by atomic mass is 10.2. The summed E-state index contributed by atoms with van der Waals surface area (Å²) >= 11 is 11.4. The van der Waals surface area contributed by atoms with E-state index in [4.69, 9.17) is 16.9 Å². The van der Waals surface area contributed by atoms with Gasteiger partial charge in [0.2, 0.25) is 0 Å². The van der Waals surface area contributed by atoms with Crippen LogP contribution in [0.1, 0.15) is 15.9 Å². The van der Waals surface area contributed by atoms with Crippen LogP contribution in [0.5, 0.6) is 0 Å². The summed E-state index contributed by atoms with van der Waals surface area (Å²) in [5.74, 6) is -0.271. The van der Waals surface area contributed by atoms with Gasteiger partial charge in [0, 0.05) is 8.04 Å². The largest absolute Gasteiger partial charge is 0.321 e. The maximum absolute atomic E-state index is 12.3. The third-order valence-electron chi connectivity index (χ3n) is 2.52. The normalized spacial score (nSPS) is 9.90. The molecule has 2 aromatic carbocycles. The molecule has 0 bridgehead atoms. The number of amides is 1. The molecule has 0 heterocycles. The van der Waals surface area contributed by atoms with E-state index in [0.29, 0.717) is 21.8 Å². The number of nitrogens with one attached hydrogen (secondary N) is 1. The van der Waals surface area contributed by atoms with E-state index in [2.05, 4.69) is 43.8 Å². The zero-order valence-electron chi connectivity index (χ0n) is 9.95. The van der Waals surface area contributed by atoms with Crippen LogP contribution in [-0.2, 0) is 0 Å². The van der Waals surface area contributed by atoms with Gasteiger partial charge in [-0.25, -0.2) is 0 Å². The van der Waals surface area contributed by atoms with Crippen molar-refractivity contribution in [3.05, 3.63) is 60.6 Å². The molecule has 0 radical (unpaired) electrons. The Balaban J connectivity index is 2.33. The number of nitrogens with zero attached hydrogens (tertiary/aromatic N) is 1. The number of hydrogen-bond acceptors (Lipinski definition) is 2. The van der Waals surface area contributed by atoms with Crippen molar-refractivity contribution in [2.75, 3.05) is 5.32 Å². The minimum absolute atomic E-state index is 0.271. The van der Waals surface area contributed by atoms with Crippen LogP contribution in [0.15, 0.2) is 40.9 Å². The third-order valence-corrected chi connectivity index (χ3v) is 4.28. The molecule has 100 valence electrons. The molecule has 1 N–H and O–H groups in total. The average Bonchev–Trinajstić information content (AvgIpc) is 2.43. The van der Waals surface area contributed by atoms with Crippen molar-refractivity contribution in [3.63, 3.8) is 0 Å². The van der Waals surface area contributed by atoms with E-state index in [-0.39, 0.29) is 5.91 Å². The summed E-state index contributed by atoms with van der Waals surface area (Å²) in [6.45, 7) is 0. The van der Waals surface area contributed by atoms with Gasteiger partial charge in [-0.05, 0) is 59.0 Å². The number of hydrogen-bond donors (Lipinski definition) is 1. The third kappa shape index (κ3) is 3.51. The summed E-state index contributed by atoms with van der Waals surface area (Å²) in [6, 6.07) is 12.2. The number of rotatable bonds is 2. The van der Waals surface area contributed by atoms with E-state index in [1.165, 1.54) is 0 Å². The first-order valence-electron chi connectivity index (χ1n) is 5.47. The van der Waals surface area contributed by atoms with E-state index in [1.54, 1.807) is 24.3 Å². The Hall–Kier alpha value is -1.10. The number of benzene rings is 2. The summed E-state index contributed by atoms with van der Waals surface area (Å²) in [5.41, 5.74) is 1.40. The van der Waals surface area contributed by atoms with Crippen LogP contribution in [0.4, 0.5) is 5.69 Å². The van der Waals surface area contributed by atoms with Gasteiger partial charge in [-0.1, -0.05) is 27.5 Å². The van der Waals surface area contributed by atoms with E-state index >= 15 is 0 Å². The Morgan fingerprint density at radius 3 is 2.75 bits per heavy atom. The number of anilines is 1. The van der Waals surface area contributed by atoms with Crippen LogP contribution >= 0.6 is 50.1 Å². The van der Waals surface area contributed by atoms with Gasteiger partial charge in [0.05, 0.1) is 27.9 Å². The van der Waals surface area contributed by atoms with Crippen molar-refractivity contribution in [2.24, 2.45) is 0 Å². The SMILES string of the molecule is N#Cc1ccc(Cl)c(NC(=O)c2cc(Br)ccc2I)c1. The zero-order chi connectivity index (χ0) is 14.7. The Morgan fingerprint density at radius 1 is 1.30 bits per heavy atom. The number of halogens is 3. The molecule has 1 amide bonds. The molecule has 2 rings (SSSR count). The van der Waals surface area contributed by atoms with Crippen molar-refractivity contribution in [3.8, 4) is 6.07 Å². The Bertz CT molecular complexity index is 728. The highest BCUT2D eigenvalue weighted by Crippen LogP contribution is 2.25. The molecular formula is C14H7BrClIN2O. The highest BCUT2D eigenvalue weighted by molar-refractivity contribution is 14.1. The second kappa shape index (κ2) is 6.57. The molecular weight excluding hydrogens is 454 g/mol. The first-order valence-corrected chi connectivity index (χ1v) is 7.72. The molecule has 0 aromatic heterocycles. The van der Waals surface area contributed by atoms with Crippen LogP contribution in [0.2, 0.25) is 5.02 Å². The fraction of sp³-hybridized carbons (Fsp3) is 0. The molecule has 20 heavy (non-hydrogen) atoms. The topological polar surface area (TPSA) is 52.9 Å². The van der Waals surface area contributed by atoms with Crippen LogP contribution in [-0.4, -0.2) is 5.91 Å². The minimum Gasteiger partial charge on any atom is -0.321 e. The molecule has 2 aromatic rings. The molecule has 0 fully saturated rings. The summed E-state index contributed by atoms with van der Waals surface area (Å²) in [5, 5.41) is 12.0. The molecule has 0 aliphatic rings. The lowest BCUT2D eigenvalue weighted by Crippen LogP contribution is -2.14. The van der Waals surface area contributed by atoms with Gasteiger partial charge in [0.25, 0.3) is 5.91 Å². The summed E-state index contributed by atoms with van der Waals surface area (Å²) < 4.78 is 1.65. The second-order valence-electron chi connectivity index (χ2n) is 3.88. The fourth-order valence-electron chi connectivity index (χ4n) is 1.55. The standard InChI is InChI=1S/C14H7BrClIN2O/c15-9-2-4-12(17)10(6-9)14(20)19-13-5-8(7-18)1-3-11(13)16/h1-6H,(H,19,20). The maximum Gasteiger partial charge on any atom is 0.256 e. The number of carbonyl (C=O) groups is 1. The number of carbonyl (C=O) groups excluding carboxylic acids is 1. The zero-order valence-corrected chi connectivity index (χ0v) is 14.5. The Labute approximate surface area is 143 Å². The Morgan fingerprint density at radius 2 is 2.05 bits per heavy atom. The van der Waals surface area contributed by atoms with Crippen molar-refractivity contribution in [1.29, 1.82) is 5.26 Å². The molecule has 0 aliphatic heterocycles. The quantitative estimate of drug-likeness (QED) is 0.652. The molecule has 0 unspecified atom stereocenters. The minimum atomic E-state index is -0.271. The fourth-order valence-corrected chi connectivity index (χ4v) is 2.66. The smallest absolute Gasteiger partial charge is 0.256 e. The van der Waals surface area contributed by atoms with Crippen molar-refractivity contribution < 1.29 is 4.79 Å². The van der Waals surface area contributed by atoms with Crippen molar-refractivity contribution >= 4 is 61.7 Å². The highest BCUT2D eigenvalue weighted by Gasteiger charge is 2.12. The van der Waals surface area contributed by atoms with Gasteiger partial charge in [-0.3, -0.25) is 4.79 Å². The van der Waals surface area contributed by atoms with E-state index in [0.717, 1.165) is 8.04 Å². The van der Waals surface area contributed by atoms with Gasteiger partial charge in [-0.2, -0.15) is 5.26 Å². The molecule has 0 saturated carbocycles. The van der Waals surface area contributed by atoms with E-state index < -0.39 is 0 Å². The van der Waals surface area contributed by atoms with E-state index in [1.807, 2.05) is 18.2 Å². The summed E-state index contributed by atoms with van der Waals surface area (Å²) in [6.07, 6.45) is 0. The van der Waals surface area contributed by atoms with Gasteiger partial charge in [-0.15, -0.1) is 0 Å². The van der Waals surface area contributed by atoms with Crippen LogP contribution in [0.25, 0.3) is 0 Å². The van der Waals surface area contributed by atoms with Crippen molar-refractivity contribution in [1.82, 2.24) is 0 Å². The predicted octanol–water partition coefficient (Wildman–Crippen LogP) is 4.83. The van der Waals surface area contributed by atoms with E-state index in [9.17, 15) is 4.79 Å². The summed E-state index contributed by atoms with van der Waals surface area (Å²) in [4.78, 5) is 12.3. The first-order chi connectivity index (χ1) is 9.51. The van der Waals surface area contributed by atoms with Gasteiger partial charge >= 0.3 is 0 Å². The van der Waals surface area contributed by atoms with Gasteiger partial charge in [0.1, 0.15) is 0 Å². The molecule has 0 spiro atoms. The highest BCUT2D eigenvalue weighted by atomic mass is 127. The average molecular weight is 461 g/mol. The molecule has 0 saturated heterocycles. The van der Waals surface area contributed by atoms with Crippen LogP contribution in [0.3, 0.4) is 0 Å². The molecule has 6 heteroatoms. The van der Waals surface area contributed by atoms with Gasteiger partial charge < -0.3 is 5.32 Å². The predicted molar refractivity (Wildman–Crippen MR) is 91.0 cm³/mol. The monoisotopic (exact) mass is 460 g/mol. The summed E-state index contributed by atoms with van der Waals surface area (Å²) in [7, 11) is 0. The molecule has 0 atom stereocenters. The van der Waals surface area contributed by atoms with Crippen LogP contribution in [0, 0.1) is 14.9 Å². The Kier molecular flexibility index (Phi) is 5.02. The number of nitriles is 1. The van der Waals surface area contributed by atoms with Gasteiger partial charge in [0.15, 0.2) is 0 Å². The molecule has 0 aliphatic carbocycles.